The molecule has 6 heteroatoms. The van der Waals surface area contributed by atoms with Crippen molar-refractivity contribution in [2.24, 2.45) is 0 Å². The lowest BCUT2D eigenvalue weighted by molar-refractivity contribution is 0.998. The second kappa shape index (κ2) is 6.69. The molecule has 1 atom stereocenters. The van der Waals surface area contributed by atoms with Crippen molar-refractivity contribution < 1.29 is 0 Å². The van der Waals surface area contributed by atoms with E-state index in [1.807, 2.05) is 0 Å². The normalized spacial score (nSPS) is 11.8. The van der Waals surface area contributed by atoms with Gasteiger partial charge in [0.05, 0.1) is 11.1 Å². The number of hydrogen-bond donors (Lipinski definition) is 1. The Balaban J connectivity index is 2.31. The molecule has 0 saturated carbocycles. The summed E-state index contributed by atoms with van der Waals surface area (Å²) in [6, 6.07) is 11.9. The van der Waals surface area contributed by atoms with Gasteiger partial charge < -0.3 is 5.32 Å². The molecule has 0 amide bonds. The maximum absolute atomic E-state index is 9.33. The fourth-order valence-electron chi connectivity index (χ4n) is 1.67. The summed E-state index contributed by atoms with van der Waals surface area (Å²) >= 11 is 21.3. The van der Waals surface area contributed by atoms with Gasteiger partial charge in [-0.2, -0.15) is 5.26 Å². The van der Waals surface area contributed by atoms with E-state index in [-0.39, 0.29) is 0 Å². The quantitative estimate of drug-likeness (QED) is 0.689. The van der Waals surface area contributed by atoms with Crippen LogP contribution in [0.4, 0.5) is 5.69 Å². The van der Waals surface area contributed by atoms with Crippen molar-refractivity contribution in [3.8, 4) is 6.07 Å². The van der Waals surface area contributed by atoms with Crippen molar-refractivity contribution in [3.63, 3.8) is 0 Å². The van der Waals surface area contributed by atoms with Crippen LogP contribution in [-0.4, -0.2) is 0 Å². The molecule has 0 saturated heterocycles. The van der Waals surface area contributed by atoms with Crippen LogP contribution in [0.2, 0.25) is 15.1 Å². The SMILES string of the molecule is N#CC(Nc1ccc(Cl)c(Br)c1)c1cc(Cl)ccc1Cl. The predicted molar refractivity (Wildman–Crippen MR) is 87.6 cm³/mol. The Labute approximate surface area is 140 Å². The van der Waals surface area contributed by atoms with Crippen LogP contribution >= 0.6 is 50.7 Å². The van der Waals surface area contributed by atoms with Gasteiger partial charge in [-0.1, -0.05) is 34.8 Å². The third-order valence-electron chi connectivity index (χ3n) is 2.63. The van der Waals surface area contributed by atoms with Gasteiger partial charge in [-0.25, -0.2) is 0 Å². The zero-order valence-corrected chi connectivity index (χ0v) is 13.9. The minimum Gasteiger partial charge on any atom is -0.366 e. The van der Waals surface area contributed by atoms with Crippen molar-refractivity contribution >= 4 is 56.4 Å². The highest BCUT2D eigenvalue weighted by molar-refractivity contribution is 9.10. The van der Waals surface area contributed by atoms with E-state index in [0.29, 0.717) is 20.6 Å². The molecule has 102 valence electrons. The zero-order valence-electron chi connectivity index (χ0n) is 10.0. The predicted octanol–water partition coefficient (Wildman–Crippen LogP) is 6.09. The van der Waals surface area contributed by atoms with E-state index in [4.69, 9.17) is 34.8 Å². The Kier molecular flexibility index (Phi) is 5.17. The maximum Gasteiger partial charge on any atom is 0.141 e. The summed E-state index contributed by atoms with van der Waals surface area (Å²) in [5.74, 6) is 0. The molecule has 2 nitrogen and oxygen atoms in total. The molecule has 0 aliphatic heterocycles. The van der Waals surface area contributed by atoms with E-state index in [1.165, 1.54) is 0 Å². The summed E-state index contributed by atoms with van der Waals surface area (Å²) in [5.41, 5.74) is 1.39. The molecule has 0 radical (unpaired) electrons. The summed E-state index contributed by atoms with van der Waals surface area (Å²) in [6.45, 7) is 0. The van der Waals surface area contributed by atoms with Crippen molar-refractivity contribution in [1.82, 2.24) is 0 Å². The van der Waals surface area contributed by atoms with Crippen LogP contribution in [0.1, 0.15) is 11.6 Å². The number of hydrogen-bond acceptors (Lipinski definition) is 2. The minimum atomic E-state index is -0.603. The smallest absolute Gasteiger partial charge is 0.141 e. The zero-order chi connectivity index (χ0) is 14.7. The molecule has 1 unspecified atom stereocenters. The van der Waals surface area contributed by atoms with Crippen molar-refractivity contribution in [3.05, 3.63) is 61.5 Å². The topological polar surface area (TPSA) is 35.8 Å². The summed E-state index contributed by atoms with van der Waals surface area (Å²) in [4.78, 5) is 0. The number of benzene rings is 2. The molecule has 0 bridgehead atoms. The Morgan fingerprint density at radius 2 is 1.75 bits per heavy atom. The standard InChI is InChI=1S/C14H8BrCl3N2/c15-11-6-9(2-4-13(11)18)20-14(7-19)10-5-8(16)1-3-12(10)17/h1-6,14,20H. The lowest BCUT2D eigenvalue weighted by atomic mass is 10.1. The molecule has 0 aromatic heterocycles. The second-order valence-electron chi connectivity index (χ2n) is 4.00. The molecule has 0 fully saturated rings. The Morgan fingerprint density at radius 3 is 2.40 bits per heavy atom. The first-order valence-corrected chi connectivity index (χ1v) is 7.50. The Morgan fingerprint density at radius 1 is 1.05 bits per heavy atom. The molecular formula is C14H8BrCl3N2. The van der Waals surface area contributed by atoms with Gasteiger partial charge >= 0.3 is 0 Å². The number of nitrogens with zero attached hydrogens (tertiary/aromatic N) is 1. The van der Waals surface area contributed by atoms with Crippen LogP contribution in [0, 0.1) is 11.3 Å². The van der Waals surface area contributed by atoms with Gasteiger partial charge in [-0.15, -0.1) is 0 Å². The number of nitrogens with one attached hydrogen (secondary N) is 1. The molecule has 0 aliphatic carbocycles. The van der Waals surface area contributed by atoms with E-state index in [2.05, 4.69) is 27.3 Å². The maximum atomic E-state index is 9.33. The number of rotatable bonds is 3. The van der Waals surface area contributed by atoms with Gasteiger partial charge in [0, 0.05) is 25.8 Å². The van der Waals surface area contributed by atoms with Crippen molar-refractivity contribution in [2.75, 3.05) is 5.32 Å². The monoisotopic (exact) mass is 388 g/mol. The van der Waals surface area contributed by atoms with E-state index in [9.17, 15) is 5.26 Å². The van der Waals surface area contributed by atoms with Crippen LogP contribution < -0.4 is 5.32 Å². The molecule has 20 heavy (non-hydrogen) atoms. The average molecular weight is 390 g/mol. The van der Waals surface area contributed by atoms with Gasteiger partial charge in [0.2, 0.25) is 0 Å². The van der Waals surface area contributed by atoms with Crippen LogP contribution in [0.5, 0.6) is 0 Å². The number of halogens is 4. The van der Waals surface area contributed by atoms with E-state index < -0.39 is 6.04 Å². The van der Waals surface area contributed by atoms with Gasteiger partial charge in [-0.05, 0) is 52.3 Å². The number of anilines is 1. The van der Waals surface area contributed by atoms with Crippen molar-refractivity contribution in [2.45, 2.75) is 6.04 Å². The first kappa shape index (κ1) is 15.5. The molecular weight excluding hydrogens is 382 g/mol. The van der Waals surface area contributed by atoms with Crippen LogP contribution in [-0.2, 0) is 0 Å². The Bertz CT molecular complexity index is 683. The molecule has 0 heterocycles. The highest BCUT2D eigenvalue weighted by Gasteiger charge is 2.15. The van der Waals surface area contributed by atoms with E-state index in [1.54, 1.807) is 36.4 Å². The first-order valence-electron chi connectivity index (χ1n) is 5.57. The van der Waals surface area contributed by atoms with E-state index in [0.717, 1.165) is 10.2 Å². The number of nitriles is 1. The molecule has 2 rings (SSSR count). The molecule has 1 N–H and O–H groups in total. The van der Waals surface area contributed by atoms with Gasteiger partial charge in [0.15, 0.2) is 0 Å². The first-order chi connectivity index (χ1) is 9.51. The minimum absolute atomic E-state index is 0.487. The van der Waals surface area contributed by atoms with Crippen LogP contribution in [0.15, 0.2) is 40.9 Å². The third-order valence-corrected chi connectivity index (χ3v) is 4.42. The largest absolute Gasteiger partial charge is 0.366 e. The summed E-state index contributed by atoms with van der Waals surface area (Å²) in [6.07, 6.45) is 0. The van der Waals surface area contributed by atoms with Gasteiger partial charge in [0.1, 0.15) is 6.04 Å². The highest BCUT2D eigenvalue weighted by Crippen LogP contribution is 2.31. The molecule has 0 spiro atoms. The van der Waals surface area contributed by atoms with Gasteiger partial charge in [0.25, 0.3) is 0 Å². The van der Waals surface area contributed by atoms with Crippen LogP contribution in [0.25, 0.3) is 0 Å². The summed E-state index contributed by atoms with van der Waals surface area (Å²) < 4.78 is 0.748. The average Bonchev–Trinajstić information content (AvgIpc) is 2.43. The second-order valence-corrected chi connectivity index (χ2v) is 6.11. The lowest BCUT2D eigenvalue weighted by Gasteiger charge is -2.15. The van der Waals surface area contributed by atoms with E-state index >= 15 is 0 Å². The highest BCUT2D eigenvalue weighted by atomic mass is 79.9. The fourth-order valence-corrected chi connectivity index (χ4v) is 2.57. The molecule has 0 aliphatic rings. The summed E-state index contributed by atoms with van der Waals surface area (Å²) in [7, 11) is 0. The summed E-state index contributed by atoms with van der Waals surface area (Å²) in [5, 5.41) is 14.0. The van der Waals surface area contributed by atoms with Gasteiger partial charge in [-0.3, -0.25) is 0 Å². The molecule has 2 aromatic rings. The molecule has 2 aromatic carbocycles. The fraction of sp³-hybridized carbons (Fsp3) is 0.0714. The van der Waals surface area contributed by atoms with Crippen LogP contribution in [0.3, 0.4) is 0 Å². The Hall–Kier alpha value is -0.920. The lowest BCUT2D eigenvalue weighted by Crippen LogP contribution is -2.09. The third kappa shape index (κ3) is 3.59. The van der Waals surface area contributed by atoms with Crippen molar-refractivity contribution in [1.29, 1.82) is 5.26 Å².